The van der Waals surface area contributed by atoms with E-state index >= 15 is 0 Å². The monoisotopic (exact) mass is 285 g/mol. The van der Waals surface area contributed by atoms with Gasteiger partial charge in [-0.05, 0) is 54.0 Å². The van der Waals surface area contributed by atoms with Gasteiger partial charge in [-0.15, -0.1) is 0 Å². The third kappa shape index (κ3) is 2.50. The number of methoxy groups -OCH3 is 1. The van der Waals surface area contributed by atoms with Crippen LogP contribution in [0.2, 0.25) is 0 Å². The molecule has 1 fully saturated rings. The van der Waals surface area contributed by atoms with E-state index in [1.54, 1.807) is 7.11 Å². The van der Waals surface area contributed by atoms with Gasteiger partial charge < -0.3 is 14.8 Å². The van der Waals surface area contributed by atoms with E-state index in [9.17, 15) is 0 Å². The van der Waals surface area contributed by atoms with Crippen molar-refractivity contribution in [2.75, 3.05) is 14.2 Å². The molecule has 0 aromatic heterocycles. The minimum Gasteiger partial charge on any atom is -0.497 e. The van der Waals surface area contributed by atoms with Gasteiger partial charge in [0.05, 0.1) is 11.6 Å². The highest BCUT2D eigenvalue weighted by Gasteiger charge is 2.29. The van der Waals surface area contributed by atoms with Gasteiger partial charge in [-0.25, -0.2) is 0 Å². The summed E-state index contributed by atoms with van der Waals surface area (Å²) in [6.45, 7) is 0. The lowest BCUT2D eigenvalue weighted by atomic mass is 9.89. The summed E-state index contributed by atoms with van der Waals surface area (Å²) in [6.07, 6.45) is 2.49. The van der Waals surface area contributed by atoms with Crippen molar-refractivity contribution in [2.24, 2.45) is 0 Å². The van der Waals surface area contributed by atoms with Crippen LogP contribution in [0.1, 0.15) is 12.8 Å². The normalized spacial score (nSPS) is 23.7. The number of hydrogen-bond acceptors (Lipinski definition) is 3. The molecule has 0 heterocycles. The summed E-state index contributed by atoms with van der Waals surface area (Å²) in [5.41, 5.74) is 0. The summed E-state index contributed by atoms with van der Waals surface area (Å²) in [5.74, 6) is 1.72. The fourth-order valence-corrected chi connectivity index (χ4v) is 2.23. The van der Waals surface area contributed by atoms with Crippen LogP contribution in [-0.4, -0.2) is 26.3 Å². The first-order valence-electron chi connectivity index (χ1n) is 5.40. The summed E-state index contributed by atoms with van der Waals surface area (Å²) in [6, 6.07) is 6.38. The van der Waals surface area contributed by atoms with Gasteiger partial charge in [0.25, 0.3) is 0 Å². The smallest absolute Gasteiger partial charge is 0.134 e. The zero-order valence-electron chi connectivity index (χ0n) is 9.50. The minimum atomic E-state index is 0.335. The molecule has 1 aromatic carbocycles. The minimum absolute atomic E-state index is 0.335. The van der Waals surface area contributed by atoms with Crippen LogP contribution in [0.3, 0.4) is 0 Å². The van der Waals surface area contributed by atoms with E-state index in [1.165, 1.54) is 0 Å². The van der Waals surface area contributed by atoms with Gasteiger partial charge in [0.2, 0.25) is 0 Å². The molecule has 88 valence electrons. The maximum atomic E-state index is 5.87. The van der Waals surface area contributed by atoms with Crippen LogP contribution in [0.15, 0.2) is 22.7 Å². The second-order valence-corrected chi connectivity index (χ2v) is 4.85. The van der Waals surface area contributed by atoms with Crippen molar-refractivity contribution >= 4 is 15.9 Å². The Hall–Kier alpha value is -0.740. The quantitative estimate of drug-likeness (QED) is 0.923. The zero-order chi connectivity index (χ0) is 11.5. The van der Waals surface area contributed by atoms with E-state index in [1.807, 2.05) is 25.2 Å². The zero-order valence-corrected chi connectivity index (χ0v) is 11.1. The SMILES string of the molecule is CNC1CC(Oc2ccc(OC)cc2Br)C1. The first-order valence-corrected chi connectivity index (χ1v) is 6.19. The molecule has 0 atom stereocenters. The molecule has 1 aliphatic rings. The van der Waals surface area contributed by atoms with Crippen LogP contribution in [0, 0.1) is 0 Å². The lowest BCUT2D eigenvalue weighted by Gasteiger charge is -2.35. The molecule has 1 saturated carbocycles. The lowest BCUT2D eigenvalue weighted by molar-refractivity contribution is 0.0877. The molecular formula is C12H16BrNO2. The summed E-state index contributed by atoms with van der Waals surface area (Å²) in [5, 5.41) is 3.24. The van der Waals surface area contributed by atoms with Crippen molar-refractivity contribution in [3.8, 4) is 11.5 Å². The fraction of sp³-hybridized carbons (Fsp3) is 0.500. The van der Waals surface area contributed by atoms with Crippen molar-refractivity contribution in [3.05, 3.63) is 22.7 Å². The highest BCUT2D eigenvalue weighted by atomic mass is 79.9. The molecule has 16 heavy (non-hydrogen) atoms. The average molecular weight is 286 g/mol. The molecule has 2 rings (SSSR count). The maximum absolute atomic E-state index is 5.87. The average Bonchev–Trinajstić information content (AvgIpc) is 2.24. The topological polar surface area (TPSA) is 30.5 Å². The first-order chi connectivity index (χ1) is 7.72. The molecule has 0 spiro atoms. The van der Waals surface area contributed by atoms with Crippen LogP contribution in [0.4, 0.5) is 0 Å². The Balaban J connectivity index is 1.95. The number of hydrogen-bond donors (Lipinski definition) is 1. The standard InChI is InChI=1S/C12H16BrNO2/c1-14-8-5-10(6-8)16-12-4-3-9(15-2)7-11(12)13/h3-4,7-8,10,14H,5-6H2,1-2H3. The molecular weight excluding hydrogens is 270 g/mol. The number of benzene rings is 1. The number of nitrogens with one attached hydrogen (secondary N) is 1. The van der Waals surface area contributed by atoms with Crippen LogP contribution < -0.4 is 14.8 Å². The number of ether oxygens (including phenoxy) is 2. The summed E-state index contributed by atoms with van der Waals surface area (Å²) in [7, 11) is 3.65. The van der Waals surface area contributed by atoms with Gasteiger partial charge >= 0.3 is 0 Å². The maximum Gasteiger partial charge on any atom is 0.134 e. The molecule has 1 aromatic rings. The van der Waals surface area contributed by atoms with Gasteiger partial charge in [0, 0.05) is 6.04 Å². The second kappa shape index (κ2) is 5.06. The van der Waals surface area contributed by atoms with E-state index in [-0.39, 0.29) is 0 Å². The Morgan fingerprint density at radius 1 is 1.38 bits per heavy atom. The highest BCUT2D eigenvalue weighted by Crippen LogP contribution is 2.33. The number of halogens is 1. The highest BCUT2D eigenvalue weighted by molar-refractivity contribution is 9.10. The summed E-state index contributed by atoms with van der Waals surface area (Å²) in [4.78, 5) is 0. The van der Waals surface area contributed by atoms with Gasteiger partial charge in [-0.3, -0.25) is 0 Å². The van der Waals surface area contributed by atoms with Gasteiger partial charge in [0.15, 0.2) is 0 Å². The molecule has 0 aliphatic heterocycles. The fourth-order valence-electron chi connectivity index (χ4n) is 1.78. The van der Waals surface area contributed by atoms with E-state index in [2.05, 4.69) is 21.2 Å². The van der Waals surface area contributed by atoms with Crippen LogP contribution in [-0.2, 0) is 0 Å². The van der Waals surface area contributed by atoms with Gasteiger partial charge in [-0.2, -0.15) is 0 Å². The molecule has 1 N–H and O–H groups in total. The summed E-state index contributed by atoms with van der Waals surface area (Å²) >= 11 is 3.48. The molecule has 0 saturated heterocycles. The predicted octanol–water partition coefficient (Wildman–Crippen LogP) is 2.59. The van der Waals surface area contributed by atoms with Crippen LogP contribution in [0.25, 0.3) is 0 Å². The molecule has 3 nitrogen and oxygen atoms in total. The molecule has 4 heteroatoms. The molecule has 0 unspecified atom stereocenters. The van der Waals surface area contributed by atoms with Crippen molar-refractivity contribution in [1.29, 1.82) is 0 Å². The Morgan fingerprint density at radius 3 is 2.69 bits per heavy atom. The molecule has 0 amide bonds. The largest absolute Gasteiger partial charge is 0.497 e. The van der Waals surface area contributed by atoms with Crippen molar-refractivity contribution in [2.45, 2.75) is 25.0 Å². The first kappa shape index (κ1) is 11.7. The Kier molecular flexibility index (Phi) is 3.71. The molecule has 0 radical (unpaired) electrons. The summed E-state index contributed by atoms with van der Waals surface area (Å²) < 4.78 is 11.9. The Morgan fingerprint density at radius 2 is 2.12 bits per heavy atom. The third-order valence-corrected chi connectivity index (χ3v) is 3.56. The van der Waals surface area contributed by atoms with Crippen molar-refractivity contribution in [1.82, 2.24) is 5.32 Å². The molecule has 1 aliphatic carbocycles. The Bertz CT molecular complexity index is 364. The second-order valence-electron chi connectivity index (χ2n) is 3.99. The van der Waals surface area contributed by atoms with Crippen molar-refractivity contribution in [3.63, 3.8) is 0 Å². The number of rotatable bonds is 4. The lowest BCUT2D eigenvalue weighted by Crippen LogP contribution is -2.45. The van der Waals surface area contributed by atoms with Crippen LogP contribution >= 0.6 is 15.9 Å². The third-order valence-electron chi connectivity index (χ3n) is 2.94. The molecule has 0 bridgehead atoms. The van der Waals surface area contributed by atoms with E-state index < -0.39 is 0 Å². The van der Waals surface area contributed by atoms with Gasteiger partial charge in [0.1, 0.15) is 17.6 Å². The van der Waals surface area contributed by atoms with Crippen LogP contribution in [0.5, 0.6) is 11.5 Å². The predicted molar refractivity (Wildman–Crippen MR) is 67.2 cm³/mol. The van der Waals surface area contributed by atoms with Gasteiger partial charge in [-0.1, -0.05) is 0 Å². The Labute approximate surface area is 104 Å². The van der Waals surface area contributed by atoms with E-state index in [4.69, 9.17) is 9.47 Å². The van der Waals surface area contributed by atoms with Crippen molar-refractivity contribution < 1.29 is 9.47 Å². The van der Waals surface area contributed by atoms with E-state index in [0.717, 1.165) is 28.8 Å². The van der Waals surface area contributed by atoms with E-state index in [0.29, 0.717) is 12.1 Å².